The van der Waals surface area contributed by atoms with Crippen LogP contribution in [-0.4, -0.2) is 36.1 Å². The lowest BCUT2D eigenvalue weighted by atomic mass is 10.4. The van der Waals surface area contributed by atoms with Gasteiger partial charge >= 0.3 is 0 Å². The second-order valence-electron chi connectivity index (χ2n) is 2.59. The summed E-state index contributed by atoms with van der Waals surface area (Å²) in [6.45, 7) is 3.86. The molecule has 58 valence electrons. The fourth-order valence-electron chi connectivity index (χ4n) is 1.17. The molecule has 0 aliphatic carbocycles. The maximum atomic E-state index is 11.1. The van der Waals surface area contributed by atoms with Crippen molar-refractivity contribution in [2.45, 2.75) is 19.8 Å². The van der Waals surface area contributed by atoms with Gasteiger partial charge in [-0.3, -0.25) is 9.80 Å². The molecule has 0 aromatic carbocycles. The summed E-state index contributed by atoms with van der Waals surface area (Å²) in [5.41, 5.74) is 0. The largest absolute Gasteiger partial charge is 0.276 e. The monoisotopic (exact) mass is 142 g/mol. The number of hydrogen-bond acceptors (Lipinski definition) is 2. The first-order chi connectivity index (χ1) is 4.75. The Morgan fingerprint density at radius 3 is 2.80 bits per heavy atom. The van der Waals surface area contributed by atoms with Crippen molar-refractivity contribution in [1.29, 1.82) is 0 Å². The lowest BCUT2D eigenvalue weighted by molar-refractivity contribution is -0.140. The van der Waals surface area contributed by atoms with E-state index in [2.05, 4.69) is 0 Å². The fourth-order valence-corrected chi connectivity index (χ4v) is 1.17. The van der Waals surface area contributed by atoms with Crippen LogP contribution in [0.4, 0.5) is 0 Å². The Labute approximate surface area is 61.6 Å². The van der Waals surface area contributed by atoms with E-state index in [1.54, 1.807) is 0 Å². The first-order valence-corrected chi connectivity index (χ1v) is 3.77. The van der Waals surface area contributed by atoms with Gasteiger partial charge in [0.25, 0.3) is 0 Å². The average molecular weight is 142 g/mol. The van der Waals surface area contributed by atoms with Gasteiger partial charge in [0.15, 0.2) is 0 Å². The molecule has 0 spiro atoms. The van der Waals surface area contributed by atoms with E-state index in [4.69, 9.17) is 0 Å². The fraction of sp³-hybridized carbons (Fsp3) is 0.857. The minimum Gasteiger partial charge on any atom is -0.276 e. The van der Waals surface area contributed by atoms with Crippen molar-refractivity contribution < 1.29 is 4.79 Å². The van der Waals surface area contributed by atoms with Crippen molar-refractivity contribution in [3.8, 4) is 0 Å². The smallest absolute Gasteiger partial charge is 0.236 e. The molecule has 1 amide bonds. The molecule has 0 aromatic heterocycles. The third-order valence-electron chi connectivity index (χ3n) is 1.92. The van der Waals surface area contributed by atoms with Crippen molar-refractivity contribution in [1.82, 2.24) is 10.0 Å². The predicted molar refractivity (Wildman–Crippen MR) is 39.3 cm³/mol. The van der Waals surface area contributed by atoms with Crippen LogP contribution in [0.15, 0.2) is 0 Å². The Kier molecular flexibility index (Phi) is 2.27. The molecule has 0 bridgehead atoms. The van der Waals surface area contributed by atoms with Crippen molar-refractivity contribution >= 4 is 5.91 Å². The molecule has 0 unspecified atom stereocenters. The van der Waals surface area contributed by atoms with E-state index in [1.807, 2.05) is 24.0 Å². The maximum absolute atomic E-state index is 11.1. The van der Waals surface area contributed by atoms with Gasteiger partial charge in [-0.15, -0.1) is 0 Å². The molecule has 0 aromatic rings. The molecule has 1 aliphatic heterocycles. The minimum absolute atomic E-state index is 0.268. The summed E-state index contributed by atoms with van der Waals surface area (Å²) in [7, 11) is 1.95. The van der Waals surface area contributed by atoms with Crippen LogP contribution >= 0.6 is 0 Å². The molecular formula is C7H14N2O. The molecule has 1 fully saturated rings. The highest BCUT2D eigenvalue weighted by Crippen LogP contribution is 2.10. The van der Waals surface area contributed by atoms with Crippen LogP contribution in [0, 0.1) is 0 Å². The summed E-state index contributed by atoms with van der Waals surface area (Å²) in [5, 5.41) is 3.79. The van der Waals surface area contributed by atoms with E-state index < -0.39 is 0 Å². The zero-order valence-electron chi connectivity index (χ0n) is 6.63. The summed E-state index contributed by atoms with van der Waals surface area (Å²) in [5.74, 6) is 0.268. The van der Waals surface area contributed by atoms with Crippen LogP contribution in [0.3, 0.4) is 0 Å². The van der Waals surface area contributed by atoms with Crippen molar-refractivity contribution in [2.75, 3.05) is 20.1 Å². The molecule has 10 heavy (non-hydrogen) atoms. The summed E-state index contributed by atoms with van der Waals surface area (Å²) in [6, 6.07) is 0. The van der Waals surface area contributed by atoms with E-state index in [9.17, 15) is 4.79 Å². The summed E-state index contributed by atoms with van der Waals surface area (Å²) < 4.78 is 0. The van der Waals surface area contributed by atoms with Gasteiger partial charge in [0.05, 0.1) is 0 Å². The molecule has 0 saturated carbocycles. The van der Waals surface area contributed by atoms with E-state index in [0.717, 1.165) is 25.9 Å². The standard InChI is InChI=1S/C7H14N2O/c1-3-8(2)9-6-4-5-7(9)10/h3-6H2,1-2H3. The van der Waals surface area contributed by atoms with Gasteiger partial charge in [-0.25, -0.2) is 5.01 Å². The number of carbonyl (C=O) groups excluding carboxylic acids is 1. The lowest BCUT2D eigenvalue weighted by Gasteiger charge is -2.25. The first-order valence-electron chi connectivity index (χ1n) is 3.77. The number of nitrogens with zero attached hydrogens (tertiary/aromatic N) is 2. The van der Waals surface area contributed by atoms with Crippen LogP contribution in [0.1, 0.15) is 19.8 Å². The number of hydrogen-bond donors (Lipinski definition) is 0. The maximum Gasteiger partial charge on any atom is 0.236 e. The Balaban J connectivity index is 2.46. The summed E-state index contributed by atoms with van der Waals surface area (Å²) in [4.78, 5) is 11.1. The number of amides is 1. The molecule has 1 saturated heterocycles. The third kappa shape index (κ3) is 1.29. The summed E-state index contributed by atoms with van der Waals surface area (Å²) >= 11 is 0. The SMILES string of the molecule is CCN(C)N1CCCC1=O. The number of carbonyl (C=O) groups is 1. The lowest BCUT2D eigenvalue weighted by Crippen LogP contribution is -2.40. The number of rotatable bonds is 2. The van der Waals surface area contributed by atoms with Crippen LogP contribution in [0.2, 0.25) is 0 Å². The van der Waals surface area contributed by atoms with Crippen LogP contribution < -0.4 is 0 Å². The molecule has 1 heterocycles. The first kappa shape index (κ1) is 7.54. The molecule has 0 radical (unpaired) electrons. The topological polar surface area (TPSA) is 23.6 Å². The van der Waals surface area contributed by atoms with Gasteiger partial charge in [0, 0.05) is 26.6 Å². The normalized spacial score (nSPS) is 19.1. The Bertz CT molecular complexity index is 136. The van der Waals surface area contributed by atoms with E-state index >= 15 is 0 Å². The zero-order chi connectivity index (χ0) is 7.56. The highest BCUT2D eigenvalue weighted by Gasteiger charge is 2.22. The van der Waals surface area contributed by atoms with Crippen LogP contribution in [0.5, 0.6) is 0 Å². The number of hydrazine groups is 1. The molecule has 3 nitrogen and oxygen atoms in total. The van der Waals surface area contributed by atoms with Crippen LogP contribution in [0.25, 0.3) is 0 Å². The molecule has 0 atom stereocenters. The molecule has 0 N–H and O–H groups in total. The second kappa shape index (κ2) is 3.01. The highest BCUT2D eigenvalue weighted by atomic mass is 16.2. The van der Waals surface area contributed by atoms with E-state index in [0.29, 0.717) is 0 Å². The minimum atomic E-state index is 0.268. The Morgan fingerprint density at radius 1 is 1.70 bits per heavy atom. The quantitative estimate of drug-likeness (QED) is 0.559. The van der Waals surface area contributed by atoms with E-state index in [1.165, 1.54) is 0 Å². The molecule has 1 aliphatic rings. The van der Waals surface area contributed by atoms with Crippen molar-refractivity contribution in [3.63, 3.8) is 0 Å². The van der Waals surface area contributed by atoms with Gasteiger partial charge in [0.2, 0.25) is 5.91 Å². The van der Waals surface area contributed by atoms with Gasteiger partial charge in [0.1, 0.15) is 0 Å². The van der Waals surface area contributed by atoms with E-state index in [-0.39, 0.29) is 5.91 Å². The van der Waals surface area contributed by atoms with Gasteiger partial charge < -0.3 is 0 Å². The van der Waals surface area contributed by atoms with Gasteiger partial charge in [-0.05, 0) is 6.42 Å². The average Bonchev–Trinajstić information content (AvgIpc) is 2.34. The molecule has 3 heteroatoms. The van der Waals surface area contributed by atoms with Crippen LogP contribution in [-0.2, 0) is 4.79 Å². The Hall–Kier alpha value is -0.570. The zero-order valence-corrected chi connectivity index (χ0v) is 6.63. The van der Waals surface area contributed by atoms with Gasteiger partial charge in [-0.2, -0.15) is 0 Å². The Morgan fingerprint density at radius 2 is 2.40 bits per heavy atom. The second-order valence-corrected chi connectivity index (χ2v) is 2.59. The van der Waals surface area contributed by atoms with Gasteiger partial charge in [-0.1, -0.05) is 6.92 Å². The molecular weight excluding hydrogens is 128 g/mol. The van der Waals surface area contributed by atoms with Crippen molar-refractivity contribution in [2.24, 2.45) is 0 Å². The van der Waals surface area contributed by atoms with Crippen molar-refractivity contribution in [3.05, 3.63) is 0 Å². The highest BCUT2D eigenvalue weighted by molar-refractivity contribution is 5.77. The summed E-state index contributed by atoms with van der Waals surface area (Å²) in [6.07, 6.45) is 1.74. The third-order valence-corrected chi connectivity index (χ3v) is 1.92. The predicted octanol–water partition coefficient (Wildman–Crippen LogP) is 0.476. The molecule has 1 rings (SSSR count).